The van der Waals surface area contributed by atoms with Gasteiger partial charge in [-0.05, 0) is 6.42 Å². The minimum absolute atomic E-state index is 0.0295. The summed E-state index contributed by atoms with van der Waals surface area (Å²) in [6.45, 7) is 2.29. The molecule has 0 aromatic carbocycles. The first-order valence-electron chi connectivity index (χ1n) is 2.50. The molecule has 0 aromatic heterocycles. The highest BCUT2D eigenvalue weighted by atomic mass is 79.9. The first-order chi connectivity index (χ1) is 3.52. The van der Waals surface area contributed by atoms with Crippen LogP contribution in [0.3, 0.4) is 0 Å². The summed E-state index contributed by atoms with van der Waals surface area (Å²) < 4.78 is 0.0295. The van der Waals surface area contributed by atoms with Gasteiger partial charge in [-0.15, -0.1) is 0 Å². The van der Waals surface area contributed by atoms with Crippen molar-refractivity contribution < 1.29 is 5.11 Å². The largest absolute Gasteiger partial charge is 0.396 e. The highest BCUT2D eigenvalue weighted by molar-refractivity contribution is 9.25. The topological polar surface area (TPSA) is 20.2 Å². The van der Waals surface area contributed by atoms with E-state index in [1.165, 1.54) is 0 Å². The summed E-state index contributed by atoms with van der Waals surface area (Å²) in [5.74, 6) is 0. The number of alkyl halides is 2. The fourth-order valence-electron chi connectivity index (χ4n) is 0.617. The van der Waals surface area contributed by atoms with E-state index in [1.54, 1.807) is 0 Å². The third kappa shape index (κ3) is 0.847. The smallest absolute Gasteiger partial charge is 0.0888 e. The maximum absolute atomic E-state index is 8.74. The summed E-state index contributed by atoms with van der Waals surface area (Å²) in [4.78, 5) is 0. The molecule has 0 aliphatic heterocycles. The van der Waals surface area contributed by atoms with Gasteiger partial charge in [0.1, 0.15) is 0 Å². The van der Waals surface area contributed by atoms with Crippen molar-refractivity contribution in [3.63, 3.8) is 0 Å². The van der Waals surface area contributed by atoms with E-state index >= 15 is 0 Å². The zero-order valence-corrected chi connectivity index (χ0v) is 7.79. The van der Waals surface area contributed by atoms with Gasteiger partial charge in [-0.25, -0.2) is 0 Å². The lowest BCUT2D eigenvalue weighted by Crippen LogP contribution is -2.07. The monoisotopic (exact) mass is 242 g/mol. The Kier molecular flexibility index (Phi) is 1.50. The first-order valence-corrected chi connectivity index (χ1v) is 4.09. The lowest BCUT2D eigenvalue weighted by molar-refractivity contribution is 0.224. The second-order valence-corrected chi connectivity index (χ2v) is 6.37. The van der Waals surface area contributed by atoms with Crippen molar-refractivity contribution in [2.24, 2.45) is 5.41 Å². The molecule has 1 saturated carbocycles. The van der Waals surface area contributed by atoms with Crippen molar-refractivity contribution in [1.29, 1.82) is 0 Å². The molecule has 8 heavy (non-hydrogen) atoms. The van der Waals surface area contributed by atoms with Crippen molar-refractivity contribution in [3.8, 4) is 0 Å². The minimum atomic E-state index is 0.0295. The SMILES string of the molecule is C[C@]1(CO)CC1(Br)Br. The molecule has 1 fully saturated rings. The summed E-state index contributed by atoms with van der Waals surface area (Å²) in [7, 11) is 0. The van der Waals surface area contributed by atoms with Crippen LogP contribution in [0.4, 0.5) is 0 Å². The van der Waals surface area contributed by atoms with Gasteiger partial charge in [-0.1, -0.05) is 38.8 Å². The van der Waals surface area contributed by atoms with Gasteiger partial charge in [-0.3, -0.25) is 0 Å². The number of halogens is 2. The summed E-state index contributed by atoms with van der Waals surface area (Å²) in [6, 6.07) is 0. The molecule has 1 aliphatic carbocycles. The van der Waals surface area contributed by atoms with E-state index in [1.807, 2.05) is 6.92 Å². The lowest BCUT2D eigenvalue weighted by Gasteiger charge is -2.05. The van der Waals surface area contributed by atoms with E-state index in [9.17, 15) is 0 Å². The summed E-state index contributed by atoms with van der Waals surface area (Å²) >= 11 is 6.85. The van der Waals surface area contributed by atoms with Crippen LogP contribution in [0.2, 0.25) is 0 Å². The molecular formula is C5H8Br2O. The van der Waals surface area contributed by atoms with E-state index in [4.69, 9.17) is 5.11 Å². The predicted octanol–water partition coefficient (Wildman–Crippen LogP) is 1.87. The normalized spacial score (nSPS) is 42.0. The lowest BCUT2D eigenvalue weighted by atomic mass is 10.2. The van der Waals surface area contributed by atoms with Crippen LogP contribution >= 0.6 is 31.9 Å². The molecule has 1 nitrogen and oxygen atoms in total. The average molecular weight is 244 g/mol. The average Bonchev–Trinajstić information content (AvgIpc) is 2.10. The Morgan fingerprint density at radius 1 is 1.62 bits per heavy atom. The highest BCUT2D eigenvalue weighted by Crippen LogP contribution is 2.65. The van der Waals surface area contributed by atoms with Crippen molar-refractivity contribution >= 4 is 31.9 Å². The molecule has 1 aliphatic rings. The standard InChI is InChI=1S/C5H8Br2O/c1-4(3-8)2-5(4,6)7/h8H,2-3H2,1H3/t4-/m1/s1. The Morgan fingerprint density at radius 3 is 2.00 bits per heavy atom. The molecule has 48 valence electrons. The molecule has 1 rings (SSSR count). The quantitative estimate of drug-likeness (QED) is 0.698. The Balaban J connectivity index is 2.55. The van der Waals surface area contributed by atoms with Crippen LogP contribution in [-0.4, -0.2) is 14.9 Å². The van der Waals surface area contributed by atoms with E-state index in [0.29, 0.717) is 0 Å². The molecule has 3 heteroatoms. The van der Waals surface area contributed by atoms with Crippen LogP contribution in [-0.2, 0) is 0 Å². The van der Waals surface area contributed by atoms with Crippen LogP contribution in [0.5, 0.6) is 0 Å². The predicted molar refractivity (Wildman–Crippen MR) is 40.4 cm³/mol. The molecule has 0 heterocycles. The molecule has 1 N–H and O–H groups in total. The fraction of sp³-hybridized carbons (Fsp3) is 1.00. The van der Waals surface area contributed by atoms with Gasteiger partial charge in [0.2, 0.25) is 0 Å². The van der Waals surface area contributed by atoms with Crippen LogP contribution < -0.4 is 0 Å². The molecule has 0 spiro atoms. The Hall–Kier alpha value is 0.920. The third-order valence-corrected chi connectivity index (χ3v) is 4.19. The fourth-order valence-corrected chi connectivity index (χ4v) is 2.11. The molecule has 0 unspecified atom stereocenters. The van der Waals surface area contributed by atoms with Crippen molar-refractivity contribution in [2.45, 2.75) is 16.6 Å². The van der Waals surface area contributed by atoms with Crippen LogP contribution in [0, 0.1) is 5.41 Å². The second kappa shape index (κ2) is 1.70. The van der Waals surface area contributed by atoms with Crippen LogP contribution in [0.1, 0.15) is 13.3 Å². The van der Waals surface area contributed by atoms with E-state index in [0.717, 1.165) is 6.42 Å². The van der Waals surface area contributed by atoms with Gasteiger partial charge in [0.15, 0.2) is 0 Å². The van der Waals surface area contributed by atoms with E-state index in [2.05, 4.69) is 31.9 Å². The van der Waals surface area contributed by atoms with E-state index in [-0.39, 0.29) is 15.3 Å². The zero-order valence-electron chi connectivity index (χ0n) is 4.62. The van der Waals surface area contributed by atoms with Crippen LogP contribution in [0.15, 0.2) is 0 Å². The van der Waals surface area contributed by atoms with Crippen molar-refractivity contribution in [3.05, 3.63) is 0 Å². The maximum atomic E-state index is 8.74. The van der Waals surface area contributed by atoms with Gasteiger partial charge in [0.25, 0.3) is 0 Å². The zero-order chi connectivity index (χ0) is 6.41. The van der Waals surface area contributed by atoms with Gasteiger partial charge < -0.3 is 5.11 Å². The maximum Gasteiger partial charge on any atom is 0.0888 e. The number of aliphatic hydroxyl groups excluding tert-OH is 1. The molecule has 0 saturated heterocycles. The Bertz CT molecular complexity index is 113. The molecule has 0 radical (unpaired) electrons. The minimum Gasteiger partial charge on any atom is -0.396 e. The van der Waals surface area contributed by atoms with Gasteiger partial charge in [0, 0.05) is 5.41 Å². The summed E-state index contributed by atoms with van der Waals surface area (Å²) in [6.07, 6.45) is 1.01. The van der Waals surface area contributed by atoms with Crippen molar-refractivity contribution in [1.82, 2.24) is 0 Å². The highest BCUT2D eigenvalue weighted by Gasteiger charge is 2.61. The Morgan fingerprint density at radius 2 is 2.00 bits per heavy atom. The van der Waals surface area contributed by atoms with Gasteiger partial charge in [0.05, 0.1) is 9.84 Å². The molecule has 0 amide bonds. The first kappa shape index (κ1) is 7.03. The van der Waals surface area contributed by atoms with E-state index < -0.39 is 0 Å². The molecule has 1 atom stereocenters. The van der Waals surface area contributed by atoms with Gasteiger partial charge >= 0.3 is 0 Å². The number of aliphatic hydroxyl groups is 1. The second-order valence-electron chi connectivity index (χ2n) is 2.60. The van der Waals surface area contributed by atoms with Crippen molar-refractivity contribution in [2.75, 3.05) is 6.61 Å². The summed E-state index contributed by atoms with van der Waals surface area (Å²) in [5.41, 5.74) is 0.0764. The third-order valence-electron chi connectivity index (χ3n) is 1.72. The molecular weight excluding hydrogens is 236 g/mol. The number of hydrogen-bond donors (Lipinski definition) is 1. The summed E-state index contributed by atoms with van der Waals surface area (Å²) in [5, 5.41) is 8.74. The Labute approximate surface area is 65.7 Å². The number of hydrogen-bond acceptors (Lipinski definition) is 1. The number of rotatable bonds is 1. The van der Waals surface area contributed by atoms with Gasteiger partial charge in [-0.2, -0.15) is 0 Å². The molecule has 0 bridgehead atoms. The van der Waals surface area contributed by atoms with Crippen LogP contribution in [0.25, 0.3) is 0 Å². The molecule has 0 aromatic rings.